The molecule has 5 nitrogen and oxygen atoms in total. The number of halogens is 1. The normalized spacial score (nSPS) is 17.6. The van der Waals surface area contributed by atoms with Gasteiger partial charge in [-0.15, -0.1) is 0 Å². The third kappa shape index (κ3) is 6.19. The van der Waals surface area contributed by atoms with E-state index in [0.29, 0.717) is 5.56 Å². The Hall–Kier alpha value is -1.50. The van der Waals surface area contributed by atoms with Crippen molar-refractivity contribution in [2.24, 2.45) is 0 Å². The van der Waals surface area contributed by atoms with Crippen molar-refractivity contribution in [2.75, 3.05) is 33.4 Å². The van der Waals surface area contributed by atoms with Crippen molar-refractivity contribution < 1.29 is 19.0 Å². The van der Waals surface area contributed by atoms with Gasteiger partial charge in [0.1, 0.15) is 5.82 Å². The average Bonchev–Trinajstić information content (AvgIpc) is 2.56. The van der Waals surface area contributed by atoms with Crippen molar-refractivity contribution in [3.63, 3.8) is 0 Å². The Morgan fingerprint density at radius 2 is 2.21 bits per heavy atom. The molecule has 0 saturated carbocycles. The molecular formula is C18H27FN2O3. The summed E-state index contributed by atoms with van der Waals surface area (Å²) in [7, 11) is 1.71. The van der Waals surface area contributed by atoms with Crippen LogP contribution in [0.2, 0.25) is 0 Å². The molecule has 2 rings (SSSR count). The fourth-order valence-electron chi connectivity index (χ4n) is 3.03. The molecule has 0 bridgehead atoms. The molecule has 0 spiro atoms. The SMILES string of the molecule is COCCCN1CCC(NC(=O)CC(O)c2cccc(F)c2)CC1. The van der Waals surface area contributed by atoms with E-state index in [9.17, 15) is 14.3 Å². The van der Waals surface area contributed by atoms with Crippen molar-refractivity contribution in [3.05, 3.63) is 35.6 Å². The molecule has 1 unspecified atom stereocenters. The van der Waals surface area contributed by atoms with Crippen LogP contribution in [0, 0.1) is 5.82 Å². The second-order valence-corrected chi connectivity index (χ2v) is 6.30. The van der Waals surface area contributed by atoms with Crippen LogP contribution >= 0.6 is 0 Å². The summed E-state index contributed by atoms with van der Waals surface area (Å²) in [5.74, 6) is -0.600. The number of aliphatic hydroxyl groups is 1. The standard InChI is InChI=1S/C18H27FN2O3/c1-24-11-3-8-21-9-6-16(7-10-21)20-18(23)13-17(22)14-4-2-5-15(19)12-14/h2,4-5,12,16-17,22H,3,6-11,13H2,1H3,(H,20,23). The zero-order valence-electron chi connectivity index (χ0n) is 14.2. The Morgan fingerprint density at radius 3 is 2.88 bits per heavy atom. The first-order valence-electron chi connectivity index (χ1n) is 8.52. The molecule has 134 valence electrons. The molecule has 2 N–H and O–H groups in total. The Labute approximate surface area is 142 Å². The molecule has 6 heteroatoms. The van der Waals surface area contributed by atoms with Crippen LogP contribution in [-0.2, 0) is 9.53 Å². The number of hydrogen-bond donors (Lipinski definition) is 2. The zero-order chi connectivity index (χ0) is 17.4. The van der Waals surface area contributed by atoms with E-state index in [0.717, 1.165) is 45.5 Å². The molecule has 1 atom stereocenters. The summed E-state index contributed by atoms with van der Waals surface area (Å²) in [6.45, 7) is 3.71. The lowest BCUT2D eigenvalue weighted by molar-refractivity contribution is -0.124. The predicted molar refractivity (Wildman–Crippen MR) is 90.1 cm³/mol. The maximum Gasteiger partial charge on any atom is 0.223 e. The number of amides is 1. The topological polar surface area (TPSA) is 61.8 Å². The van der Waals surface area contributed by atoms with Crippen molar-refractivity contribution in [1.82, 2.24) is 10.2 Å². The summed E-state index contributed by atoms with van der Waals surface area (Å²) >= 11 is 0. The van der Waals surface area contributed by atoms with Crippen LogP contribution in [0.3, 0.4) is 0 Å². The van der Waals surface area contributed by atoms with Crippen LogP contribution in [0.5, 0.6) is 0 Å². The van der Waals surface area contributed by atoms with E-state index in [2.05, 4.69) is 10.2 Å². The Morgan fingerprint density at radius 1 is 1.46 bits per heavy atom. The summed E-state index contributed by atoms with van der Waals surface area (Å²) in [5, 5.41) is 13.0. The Kier molecular flexibility index (Phi) is 7.62. The minimum Gasteiger partial charge on any atom is -0.388 e. The molecule has 0 radical (unpaired) electrons. The van der Waals surface area contributed by atoms with Crippen LogP contribution in [0.15, 0.2) is 24.3 Å². The lowest BCUT2D eigenvalue weighted by atomic mass is 10.0. The zero-order valence-corrected chi connectivity index (χ0v) is 14.2. The second-order valence-electron chi connectivity index (χ2n) is 6.30. The molecule has 0 aromatic heterocycles. The van der Waals surface area contributed by atoms with Gasteiger partial charge in [0.15, 0.2) is 0 Å². The summed E-state index contributed by atoms with van der Waals surface area (Å²) in [4.78, 5) is 14.5. The molecule has 1 aromatic carbocycles. The van der Waals surface area contributed by atoms with Gasteiger partial charge in [0, 0.05) is 39.4 Å². The molecule has 1 heterocycles. The van der Waals surface area contributed by atoms with E-state index in [1.807, 2.05) is 0 Å². The van der Waals surface area contributed by atoms with Crippen molar-refractivity contribution >= 4 is 5.91 Å². The second kappa shape index (κ2) is 9.71. The quantitative estimate of drug-likeness (QED) is 0.711. The van der Waals surface area contributed by atoms with E-state index < -0.39 is 11.9 Å². The van der Waals surface area contributed by atoms with E-state index in [4.69, 9.17) is 4.74 Å². The number of aliphatic hydroxyl groups excluding tert-OH is 1. The van der Waals surface area contributed by atoms with Gasteiger partial charge >= 0.3 is 0 Å². The Bertz CT molecular complexity index is 519. The molecule has 1 amide bonds. The number of carbonyl (C=O) groups is 1. The van der Waals surface area contributed by atoms with E-state index in [1.54, 1.807) is 13.2 Å². The van der Waals surface area contributed by atoms with Crippen molar-refractivity contribution in [2.45, 2.75) is 37.8 Å². The summed E-state index contributed by atoms with van der Waals surface area (Å²) in [5.41, 5.74) is 0.429. The van der Waals surface area contributed by atoms with Crippen LogP contribution in [-0.4, -0.2) is 55.3 Å². The highest BCUT2D eigenvalue weighted by Crippen LogP contribution is 2.18. The highest BCUT2D eigenvalue weighted by atomic mass is 19.1. The number of nitrogens with one attached hydrogen (secondary N) is 1. The first-order valence-corrected chi connectivity index (χ1v) is 8.52. The van der Waals surface area contributed by atoms with Crippen LogP contribution in [0.25, 0.3) is 0 Å². The maximum absolute atomic E-state index is 13.2. The van der Waals surface area contributed by atoms with Gasteiger partial charge < -0.3 is 20.1 Å². The molecule has 1 fully saturated rings. The van der Waals surface area contributed by atoms with Gasteiger partial charge in [-0.05, 0) is 37.0 Å². The number of benzene rings is 1. The van der Waals surface area contributed by atoms with Gasteiger partial charge in [0.25, 0.3) is 0 Å². The smallest absolute Gasteiger partial charge is 0.223 e. The van der Waals surface area contributed by atoms with Crippen LogP contribution < -0.4 is 5.32 Å². The number of likely N-dealkylation sites (tertiary alicyclic amines) is 1. The molecule has 1 aliphatic rings. The number of ether oxygens (including phenoxy) is 1. The first-order chi connectivity index (χ1) is 11.6. The summed E-state index contributed by atoms with van der Waals surface area (Å²) in [6.07, 6.45) is 1.82. The van der Waals surface area contributed by atoms with E-state index in [-0.39, 0.29) is 18.4 Å². The number of nitrogens with zero attached hydrogens (tertiary/aromatic N) is 1. The molecular weight excluding hydrogens is 311 g/mol. The summed E-state index contributed by atoms with van der Waals surface area (Å²) < 4.78 is 18.2. The molecule has 1 aliphatic heterocycles. The largest absolute Gasteiger partial charge is 0.388 e. The van der Waals surface area contributed by atoms with E-state index in [1.165, 1.54) is 18.2 Å². The first kappa shape index (κ1) is 18.8. The van der Waals surface area contributed by atoms with Crippen LogP contribution in [0.1, 0.15) is 37.4 Å². The predicted octanol–water partition coefficient (Wildman–Crippen LogP) is 1.87. The lowest BCUT2D eigenvalue weighted by Gasteiger charge is -2.32. The average molecular weight is 338 g/mol. The van der Waals surface area contributed by atoms with Gasteiger partial charge in [-0.25, -0.2) is 4.39 Å². The molecule has 1 aromatic rings. The van der Waals surface area contributed by atoms with Gasteiger partial charge in [-0.2, -0.15) is 0 Å². The van der Waals surface area contributed by atoms with Crippen LogP contribution in [0.4, 0.5) is 4.39 Å². The van der Waals surface area contributed by atoms with Gasteiger partial charge in [0.2, 0.25) is 5.91 Å². The lowest BCUT2D eigenvalue weighted by Crippen LogP contribution is -2.45. The fourth-order valence-corrected chi connectivity index (χ4v) is 3.03. The number of methoxy groups -OCH3 is 1. The minimum absolute atomic E-state index is 0.0441. The number of rotatable bonds is 8. The molecule has 0 aliphatic carbocycles. The Balaban J connectivity index is 1.70. The van der Waals surface area contributed by atoms with Gasteiger partial charge in [-0.1, -0.05) is 12.1 Å². The highest BCUT2D eigenvalue weighted by molar-refractivity contribution is 5.77. The third-order valence-electron chi connectivity index (χ3n) is 4.39. The maximum atomic E-state index is 13.2. The van der Waals surface area contributed by atoms with E-state index >= 15 is 0 Å². The summed E-state index contributed by atoms with van der Waals surface area (Å²) in [6, 6.07) is 5.88. The molecule has 24 heavy (non-hydrogen) atoms. The minimum atomic E-state index is -0.977. The fraction of sp³-hybridized carbons (Fsp3) is 0.611. The van der Waals surface area contributed by atoms with Gasteiger partial charge in [-0.3, -0.25) is 4.79 Å². The number of hydrogen-bond acceptors (Lipinski definition) is 4. The number of carbonyl (C=O) groups excluding carboxylic acids is 1. The highest BCUT2D eigenvalue weighted by Gasteiger charge is 2.21. The number of piperidine rings is 1. The van der Waals surface area contributed by atoms with Crippen molar-refractivity contribution in [3.8, 4) is 0 Å². The molecule has 1 saturated heterocycles. The van der Waals surface area contributed by atoms with Crippen molar-refractivity contribution in [1.29, 1.82) is 0 Å². The monoisotopic (exact) mass is 338 g/mol. The van der Waals surface area contributed by atoms with Gasteiger partial charge in [0.05, 0.1) is 12.5 Å². The third-order valence-corrected chi connectivity index (χ3v) is 4.39.